The standard InChI is InChI=1S/C28H28ClN9O5/c1-43-28(42)32-18-8-9-19-22(13-18)33-21(27(40)41)5-3-2-4-20(26-30-14-23(19)35-26)34-25(39)11-6-16-12-17(29)7-10-24(16)38-15-31-36-37-38/h6-15,20-21,33H,2-5H2,1H3,(H,30,35)(H,32,42)(H,34,39)(H,40,41)/t20-,21+/m0/s1. The summed E-state index contributed by atoms with van der Waals surface area (Å²) in [5, 5.41) is 30.3. The molecule has 2 atom stereocenters. The molecule has 0 fully saturated rings. The summed E-state index contributed by atoms with van der Waals surface area (Å²) < 4.78 is 6.14. The fraction of sp³-hybridized carbons (Fsp3) is 0.250. The van der Waals surface area contributed by atoms with Crippen molar-refractivity contribution in [2.45, 2.75) is 37.8 Å². The van der Waals surface area contributed by atoms with Crippen molar-refractivity contribution in [3.05, 3.63) is 71.4 Å². The van der Waals surface area contributed by atoms with Crippen molar-refractivity contribution in [2.75, 3.05) is 17.7 Å². The van der Waals surface area contributed by atoms with E-state index in [1.807, 2.05) is 0 Å². The Balaban J connectivity index is 1.41. The number of anilines is 2. The number of aromatic amines is 1. The number of aliphatic carboxylic acids is 1. The molecule has 0 spiro atoms. The third-order valence-corrected chi connectivity index (χ3v) is 7.07. The van der Waals surface area contributed by atoms with E-state index < -0.39 is 24.1 Å². The number of H-pyrrole nitrogens is 1. The van der Waals surface area contributed by atoms with Gasteiger partial charge in [-0.05, 0) is 65.7 Å². The van der Waals surface area contributed by atoms with Gasteiger partial charge in [0.1, 0.15) is 18.2 Å². The van der Waals surface area contributed by atoms with Gasteiger partial charge in [0.05, 0.1) is 24.5 Å². The Kier molecular flexibility index (Phi) is 8.96. The average Bonchev–Trinajstić information content (AvgIpc) is 3.70. The molecule has 4 aromatic rings. The number of carboxylic acid groups (broad SMARTS) is 1. The summed E-state index contributed by atoms with van der Waals surface area (Å²) in [6.45, 7) is 0. The molecule has 2 aromatic carbocycles. The number of benzene rings is 2. The number of ether oxygens (including phenoxy) is 1. The van der Waals surface area contributed by atoms with Crippen LogP contribution in [0.3, 0.4) is 0 Å². The fourth-order valence-electron chi connectivity index (χ4n) is 4.73. The second-order valence-corrected chi connectivity index (χ2v) is 10.2. The first-order valence-electron chi connectivity index (χ1n) is 13.4. The van der Waals surface area contributed by atoms with Gasteiger partial charge < -0.3 is 25.5 Å². The minimum Gasteiger partial charge on any atom is -0.480 e. The lowest BCUT2D eigenvalue weighted by Crippen LogP contribution is -2.30. The van der Waals surface area contributed by atoms with Crippen LogP contribution in [0.4, 0.5) is 16.2 Å². The number of methoxy groups -OCH3 is 1. The molecule has 14 nitrogen and oxygen atoms in total. The van der Waals surface area contributed by atoms with Crippen LogP contribution in [0.1, 0.15) is 43.1 Å². The van der Waals surface area contributed by atoms with E-state index in [0.717, 1.165) is 0 Å². The number of imidazole rings is 1. The van der Waals surface area contributed by atoms with Gasteiger partial charge in [0.2, 0.25) is 5.91 Å². The molecular weight excluding hydrogens is 578 g/mol. The third-order valence-electron chi connectivity index (χ3n) is 6.83. The van der Waals surface area contributed by atoms with Crippen molar-refractivity contribution < 1.29 is 24.2 Å². The minimum absolute atomic E-state index is 0.345. The van der Waals surface area contributed by atoms with E-state index in [-0.39, 0.29) is 5.91 Å². The molecule has 5 N–H and O–H groups in total. The Hall–Kier alpha value is -5.24. The van der Waals surface area contributed by atoms with E-state index in [9.17, 15) is 19.5 Å². The van der Waals surface area contributed by atoms with E-state index in [0.29, 0.717) is 70.4 Å². The molecular formula is C28H28ClN9O5. The predicted octanol–water partition coefficient (Wildman–Crippen LogP) is 4.19. The highest BCUT2D eigenvalue weighted by Gasteiger charge is 2.24. The van der Waals surface area contributed by atoms with Crippen LogP contribution in [0.2, 0.25) is 5.02 Å². The third kappa shape index (κ3) is 7.16. The van der Waals surface area contributed by atoms with Gasteiger partial charge in [-0.3, -0.25) is 10.1 Å². The largest absolute Gasteiger partial charge is 0.480 e. The second kappa shape index (κ2) is 13.2. The maximum Gasteiger partial charge on any atom is 0.411 e. The van der Waals surface area contributed by atoms with Crippen LogP contribution in [0, 0.1) is 0 Å². The molecule has 0 radical (unpaired) electrons. The number of carbonyl (C=O) groups excluding carboxylic acids is 2. The molecule has 2 bridgehead atoms. The number of halogens is 1. The van der Waals surface area contributed by atoms with Crippen LogP contribution < -0.4 is 16.0 Å². The maximum atomic E-state index is 13.1. The molecule has 5 rings (SSSR count). The highest BCUT2D eigenvalue weighted by molar-refractivity contribution is 6.30. The second-order valence-electron chi connectivity index (χ2n) is 9.72. The highest BCUT2D eigenvalue weighted by Crippen LogP contribution is 2.33. The Morgan fingerprint density at radius 2 is 2.00 bits per heavy atom. The molecule has 2 aromatic heterocycles. The van der Waals surface area contributed by atoms with E-state index in [2.05, 4.69) is 41.2 Å². The molecule has 2 amide bonds. The van der Waals surface area contributed by atoms with Crippen molar-refractivity contribution in [3.63, 3.8) is 0 Å². The van der Waals surface area contributed by atoms with Gasteiger partial charge in [-0.2, -0.15) is 4.68 Å². The molecule has 1 aliphatic rings. The van der Waals surface area contributed by atoms with Crippen LogP contribution in [-0.4, -0.2) is 66.4 Å². The van der Waals surface area contributed by atoms with E-state index in [1.54, 1.807) is 48.7 Å². The zero-order chi connectivity index (χ0) is 30.3. The summed E-state index contributed by atoms with van der Waals surface area (Å²) in [6.07, 6.45) is 7.58. The van der Waals surface area contributed by atoms with Crippen molar-refractivity contribution in [1.82, 2.24) is 35.5 Å². The molecule has 1 aliphatic heterocycles. The topological polar surface area (TPSA) is 189 Å². The van der Waals surface area contributed by atoms with Crippen molar-refractivity contribution in [2.24, 2.45) is 0 Å². The van der Waals surface area contributed by atoms with Gasteiger partial charge >= 0.3 is 12.1 Å². The number of rotatable bonds is 6. The van der Waals surface area contributed by atoms with E-state index in [4.69, 9.17) is 16.6 Å². The lowest BCUT2D eigenvalue weighted by Gasteiger charge is -2.21. The monoisotopic (exact) mass is 605 g/mol. The Morgan fingerprint density at radius 3 is 2.77 bits per heavy atom. The molecule has 0 saturated carbocycles. The molecule has 0 unspecified atom stereocenters. The van der Waals surface area contributed by atoms with Gasteiger partial charge in [0, 0.05) is 39.8 Å². The number of hydrogen-bond acceptors (Lipinski definition) is 9. The number of hydrogen-bond donors (Lipinski definition) is 5. The van der Waals surface area contributed by atoms with Crippen LogP contribution in [0.15, 0.2) is 55.0 Å². The van der Waals surface area contributed by atoms with Gasteiger partial charge in [0.25, 0.3) is 0 Å². The first-order chi connectivity index (χ1) is 20.8. The molecule has 222 valence electrons. The molecule has 0 saturated heterocycles. The first-order valence-corrected chi connectivity index (χ1v) is 13.7. The first kappa shape index (κ1) is 29.3. The predicted molar refractivity (Wildman–Crippen MR) is 158 cm³/mol. The summed E-state index contributed by atoms with van der Waals surface area (Å²) in [5.74, 6) is -0.817. The number of fused-ring (bicyclic) bond motifs is 4. The zero-order valence-electron chi connectivity index (χ0n) is 23.0. The smallest absolute Gasteiger partial charge is 0.411 e. The van der Waals surface area contributed by atoms with Crippen molar-refractivity contribution in [3.8, 4) is 16.9 Å². The number of amides is 2. The molecule has 3 heterocycles. The fourth-order valence-corrected chi connectivity index (χ4v) is 4.91. The van der Waals surface area contributed by atoms with Gasteiger partial charge in [0.15, 0.2) is 0 Å². The highest BCUT2D eigenvalue weighted by atomic mass is 35.5. The maximum absolute atomic E-state index is 13.1. The number of tetrazole rings is 1. The number of carboxylic acids is 1. The Labute approximate surface area is 250 Å². The van der Waals surface area contributed by atoms with E-state index >= 15 is 0 Å². The van der Waals surface area contributed by atoms with E-state index in [1.165, 1.54) is 24.2 Å². The summed E-state index contributed by atoms with van der Waals surface area (Å²) >= 11 is 6.19. The summed E-state index contributed by atoms with van der Waals surface area (Å²) in [4.78, 5) is 44.8. The minimum atomic E-state index is -1.01. The quantitative estimate of drug-likeness (QED) is 0.199. The van der Waals surface area contributed by atoms with Crippen molar-refractivity contribution >= 4 is 47.0 Å². The van der Waals surface area contributed by atoms with Gasteiger partial charge in [-0.15, -0.1) is 5.10 Å². The Morgan fingerprint density at radius 1 is 1.16 bits per heavy atom. The van der Waals surface area contributed by atoms with Crippen LogP contribution in [0.5, 0.6) is 0 Å². The molecule has 0 aliphatic carbocycles. The van der Waals surface area contributed by atoms with Crippen LogP contribution in [-0.2, 0) is 14.3 Å². The number of carbonyl (C=O) groups is 3. The number of nitrogens with one attached hydrogen (secondary N) is 4. The summed E-state index contributed by atoms with van der Waals surface area (Å²) in [7, 11) is 1.25. The van der Waals surface area contributed by atoms with Crippen LogP contribution >= 0.6 is 11.6 Å². The SMILES string of the molecule is COC(=O)Nc1ccc2c(c1)N[C@@H](C(=O)O)CCCC[C@H](NC(=O)C=Cc1cc(Cl)ccc1-n1cnnn1)c1nc-2c[nH]1. The zero-order valence-corrected chi connectivity index (χ0v) is 23.7. The average molecular weight is 606 g/mol. The lowest BCUT2D eigenvalue weighted by molar-refractivity contribution is -0.138. The van der Waals surface area contributed by atoms with Gasteiger partial charge in [-0.1, -0.05) is 24.4 Å². The summed E-state index contributed by atoms with van der Waals surface area (Å²) in [5.41, 5.74) is 3.33. The van der Waals surface area contributed by atoms with Crippen molar-refractivity contribution in [1.29, 1.82) is 0 Å². The number of aromatic nitrogens is 6. The normalized spacial score (nSPS) is 16.7. The lowest BCUT2D eigenvalue weighted by atomic mass is 10.0. The van der Waals surface area contributed by atoms with Crippen LogP contribution in [0.25, 0.3) is 23.0 Å². The number of nitrogens with zero attached hydrogens (tertiary/aromatic N) is 5. The Bertz CT molecular complexity index is 1650. The molecule has 43 heavy (non-hydrogen) atoms. The summed E-state index contributed by atoms with van der Waals surface area (Å²) in [6, 6.07) is 8.82. The molecule has 15 heteroatoms. The van der Waals surface area contributed by atoms with Gasteiger partial charge in [-0.25, -0.2) is 14.6 Å².